The lowest BCUT2D eigenvalue weighted by Crippen LogP contribution is -2.53. The predicted octanol–water partition coefficient (Wildman–Crippen LogP) is 5.16. The van der Waals surface area contributed by atoms with Crippen LogP contribution in [-0.2, 0) is 9.22 Å². The summed E-state index contributed by atoms with van der Waals surface area (Å²) in [6.45, 7) is 8.59. The summed E-state index contributed by atoms with van der Waals surface area (Å²) in [5, 5.41) is 12.2. The van der Waals surface area contributed by atoms with Crippen molar-refractivity contribution in [1.29, 1.82) is 0 Å². The quantitative estimate of drug-likeness (QED) is 0.377. The molecule has 2 aromatic carbocycles. The molecule has 0 fully saturated rings. The first-order valence-electron chi connectivity index (χ1n) is 11.2. The molecule has 0 bridgehead atoms. The van der Waals surface area contributed by atoms with Gasteiger partial charge < -0.3 is 9.53 Å². The average Bonchev–Trinajstić information content (AvgIpc) is 2.71. The van der Waals surface area contributed by atoms with E-state index in [1.165, 1.54) is 19.3 Å². The van der Waals surface area contributed by atoms with Gasteiger partial charge in [0.15, 0.2) is 5.60 Å². The van der Waals surface area contributed by atoms with Gasteiger partial charge in [-0.05, 0) is 35.6 Å². The Balaban J connectivity index is 1.99. The van der Waals surface area contributed by atoms with Gasteiger partial charge in [-0.3, -0.25) is 0 Å². The zero-order valence-electron chi connectivity index (χ0n) is 19.1. The molecule has 0 saturated heterocycles. The SMILES string of the molecule is CC(C)(C)CCCCCCCC(C)(O[SiH](c1ccccc1)c1ccccc1)C(=O)O. The molecule has 1 N–H and O–H groups in total. The van der Waals surface area contributed by atoms with Gasteiger partial charge in [-0.1, -0.05) is 114 Å². The normalized spacial score (nSPS) is 13.9. The number of benzene rings is 2. The third-order valence-electron chi connectivity index (χ3n) is 5.62. The molecule has 3 nitrogen and oxygen atoms in total. The molecule has 2 aromatic rings. The zero-order valence-corrected chi connectivity index (χ0v) is 20.2. The fraction of sp³-hybridized carbons (Fsp3) is 0.500. The van der Waals surface area contributed by atoms with E-state index in [2.05, 4.69) is 45.0 Å². The third-order valence-corrected chi connectivity index (χ3v) is 8.35. The molecule has 0 amide bonds. The third kappa shape index (κ3) is 8.08. The fourth-order valence-electron chi connectivity index (χ4n) is 3.71. The average molecular weight is 427 g/mol. The van der Waals surface area contributed by atoms with Crippen LogP contribution in [0, 0.1) is 5.41 Å². The lowest BCUT2D eigenvalue weighted by atomic mass is 9.89. The summed E-state index contributed by atoms with van der Waals surface area (Å²) >= 11 is 0. The summed E-state index contributed by atoms with van der Waals surface area (Å²) in [4.78, 5) is 12.2. The summed E-state index contributed by atoms with van der Waals surface area (Å²) < 4.78 is 6.48. The molecule has 0 spiro atoms. The van der Waals surface area contributed by atoms with E-state index >= 15 is 0 Å². The maximum atomic E-state index is 12.2. The topological polar surface area (TPSA) is 46.5 Å². The highest BCUT2D eigenvalue weighted by atomic mass is 28.3. The van der Waals surface area contributed by atoms with E-state index in [1.807, 2.05) is 36.4 Å². The molecule has 164 valence electrons. The van der Waals surface area contributed by atoms with Crippen molar-refractivity contribution in [3.63, 3.8) is 0 Å². The summed E-state index contributed by atoms with van der Waals surface area (Å²) in [5.74, 6) is -0.861. The molecule has 1 unspecified atom stereocenters. The van der Waals surface area contributed by atoms with Crippen molar-refractivity contribution in [1.82, 2.24) is 0 Å². The van der Waals surface area contributed by atoms with Crippen molar-refractivity contribution in [2.75, 3.05) is 0 Å². The number of unbranched alkanes of at least 4 members (excludes halogenated alkanes) is 4. The number of carboxylic acid groups (broad SMARTS) is 1. The van der Waals surface area contributed by atoms with Crippen molar-refractivity contribution >= 4 is 25.4 Å². The molecule has 0 aliphatic carbocycles. The van der Waals surface area contributed by atoms with Crippen LogP contribution in [-0.4, -0.2) is 25.7 Å². The van der Waals surface area contributed by atoms with Crippen LogP contribution in [0.25, 0.3) is 0 Å². The summed E-state index contributed by atoms with van der Waals surface area (Å²) in [6, 6.07) is 20.2. The molecule has 0 radical (unpaired) electrons. The van der Waals surface area contributed by atoms with E-state index in [9.17, 15) is 9.90 Å². The molecule has 30 heavy (non-hydrogen) atoms. The number of aliphatic carboxylic acids is 1. The van der Waals surface area contributed by atoms with Crippen LogP contribution in [0.2, 0.25) is 0 Å². The molecule has 2 rings (SSSR count). The van der Waals surface area contributed by atoms with E-state index < -0.39 is 20.6 Å². The maximum absolute atomic E-state index is 12.2. The largest absolute Gasteiger partial charge is 0.479 e. The van der Waals surface area contributed by atoms with Crippen molar-refractivity contribution in [2.45, 2.75) is 78.2 Å². The Kier molecular flexibility index (Phi) is 9.31. The maximum Gasteiger partial charge on any atom is 0.334 e. The van der Waals surface area contributed by atoms with Crippen LogP contribution in [0.3, 0.4) is 0 Å². The van der Waals surface area contributed by atoms with Crippen LogP contribution < -0.4 is 10.4 Å². The molecular weight excluding hydrogens is 388 g/mol. The van der Waals surface area contributed by atoms with Crippen molar-refractivity contribution in [2.24, 2.45) is 5.41 Å². The van der Waals surface area contributed by atoms with E-state index in [0.29, 0.717) is 11.8 Å². The minimum absolute atomic E-state index is 0.393. The zero-order chi connectivity index (χ0) is 22.0. The number of carbonyl (C=O) groups is 1. The highest BCUT2D eigenvalue weighted by molar-refractivity contribution is 6.80. The van der Waals surface area contributed by atoms with Crippen LogP contribution in [0.15, 0.2) is 60.7 Å². The Morgan fingerprint density at radius 3 is 1.63 bits per heavy atom. The lowest BCUT2D eigenvalue weighted by molar-refractivity contribution is -0.154. The minimum Gasteiger partial charge on any atom is -0.479 e. The van der Waals surface area contributed by atoms with Gasteiger partial charge in [0.2, 0.25) is 9.04 Å². The van der Waals surface area contributed by atoms with Gasteiger partial charge >= 0.3 is 5.97 Å². The second kappa shape index (κ2) is 11.5. The second-order valence-corrected chi connectivity index (χ2v) is 12.0. The first-order valence-corrected chi connectivity index (χ1v) is 12.8. The fourth-order valence-corrected chi connectivity index (χ4v) is 6.25. The van der Waals surface area contributed by atoms with Gasteiger partial charge in [0, 0.05) is 0 Å². The van der Waals surface area contributed by atoms with Gasteiger partial charge in [-0.2, -0.15) is 0 Å². The monoisotopic (exact) mass is 426 g/mol. The van der Waals surface area contributed by atoms with Crippen LogP contribution in [0.4, 0.5) is 0 Å². The van der Waals surface area contributed by atoms with Crippen LogP contribution in [0.1, 0.15) is 72.6 Å². The molecule has 1 atom stereocenters. The Morgan fingerprint density at radius 2 is 1.20 bits per heavy atom. The summed E-state index contributed by atoms with van der Waals surface area (Å²) in [5.41, 5.74) is -0.766. The Bertz CT molecular complexity index is 715. The van der Waals surface area contributed by atoms with E-state index in [1.54, 1.807) is 6.92 Å². The lowest BCUT2D eigenvalue weighted by Gasteiger charge is -2.31. The van der Waals surface area contributed by atoms with E-state index in [-0.39, 0.29) is 0 Å². The molecule has 0 heterocycles. The number of rotatable bonds is 12. The van der Waals surface area contributed by atoms with Gasteiger partial charge in [0.1, 0.15) is 0 Å². The molecule has 0 aromatic heterocycles. The van der Waals surface area contributed by atoms with E-state index in [0.717, 1.165) is 29.6 Å². The predicted molar refractivity (Wildman–Crippen MR) is 128 cm³/mol. The highest BCUT2D eigenvalue weighted by Gasteiger charge is 2.37. The Hall–Kier alpha value is -1.91. The van der Waals surface area contributed by atoms with Gasteiger partial charge in [0.25, 0.3) is 0 Å². The summed E-state index contributed by atoms with van der Waals surface area (Å²) in [6.07, 6.45) is 7.34. The second-order valence-electron chi connectivity index (χ2n) is 9.68. The van der Waals surface area contributed by atoms with Crippen LogP contribution >= 0.6 is 0 Å². The van der Waals surface area contributed by atoms with Gasteiger partial charge in [-0.25, -0.2) is 4.79 Å². The van der Waals surface area contributed by atoms with Gasteiger partial charge in [-0.15, -0.1) is 0 Å². The van der Waals surface area contributed by atoms with Crippen LogP contribution in [0.5, 0.6) is 0 Å². The van der Waals surface area contributed by atoms with E-state index in [4.69, 9.17) is 4.43 Å². The molecule has 0 aliphatic heterocycles. The van der Waals surface area contributed by atoms with Crippen molar-refractivity contribution < 1.29 is 14.3 Å². The molecule has 0 aliphatic rings. The highest BCUT2D eigenvalue weighted by Crippen LogP contribution is 2.24. The Morgan fingerprint density at radius 1 is 0.767 bits per heavy atom. The van der Waals surface area contributed by atoms with Crippen molar-refractivity contribution in [3.8, 4) is 0 Å². The molecular formula is C26H38O3Si. The molecule has 0 saturated carbocycles. The molecule has 4 heteroatoms. The number of hydrogen-bond acceptors (Lipinski definition) is 2. The summed E-state index contributed by atoms with van der Waals surface area (Å²) in [7, 11) is -2.10. The first-order chi connectivity index (χ1) is 14.2. The first kappa shape index (κ1) is 24.4. The van der Waals surface area contributed by atoms with Crippen molar-refractivity contribution in [3.05, 3.63) is 60.7 Å². The number of hydrogen-bond donors (Lipinski definition) is 1. The number of carboxylic acids is 1. The standard InChI is InChI=1S/C26H38O3Si/c1-25(2,3)20-14-6-5-7-15-21-26(4,24(27)28)29-30(22-16-10-8-11-17-22)23-18-12-9-13-19-23/h8-13,16-19,30H,5-7,14-15,20-21H2,1-4H3,(H,27,28). The smallest absolute Gasteiger partial charge is 0.334 e. The van der Waals surface area contributed by atoms with Gasteiger partial charge in [0.05, 0.1) is 0 Å². The minimum atomic E-state index is -2.10. The Labute approximate surface area is 184 Å².